The summed E-state index contributed by atoms with van der Waals surface area (Å²) in [5, 5.41) is 6.86. The van der Waals surface area contributed by atoms with Gasteiger partial charge in [0.25, 0.3) is 0 Å². The molecule has 1 aliphatic heterocycles. The largest absolute Gasteiger partial charge is 0.334 e. The van der Waals surface area contributed by atoms with Crippen LogP contribution in [-0.2, 0) is 11.3 Å². The summed E-state index contributed by atoms with van der Waals surface area (Å²) >= 11 is 12.1. The third kappa shape index (κ3) is 5.23. The number of carbonyl (C=O) groups excluding carboxylic acids is 2. The van der Waals surface area contributed by atoms with Gasteiger partial charge < -0.3 is 10.6 Å². The molecule has 10 heteroatoms. The first-order chi connectivity index (χ1) is 15.4. The first kappa shape index (κ1) is 24.8. The maximum atomic E-state index is 13.5. The minimum Gasteiger partial charge on any atom is -0.309 e. The Labute approximate surface area is 208 Å². The lowest BCUT2D eigenvalue weighted by Crippen LogP contribution is -2.45. The molecule has 0 spiro atoms. The lowest BCUT2D eigenvalue weighted by atomic mass is 10.1. The minimum absolute atomic E-state index is 0. The second-order valence-corrected chi connectivity index (χ2v) is 8.19. The number of rotatable bonds is 5. The molecule has 2 N–H and O–H groups in total. The minimum atomic E-state index is -0.370. The molecule has 0 radical (unpaired) electrons. The first-order valence-electron chi connectivity index (χ1n) is 9.98. The maximum Gasteiger partial charge on any atom is 0.334 e. The van der Waals surface area contributed by atoms with Crippen molar-refractivity contribution in [1.29, 1.82) is 0 Å². The summed E-state index contributed by atoms with van der Waals surface area (Å²) in [6.07, 6.45) is 0. The van der Waals surface area contributed by atoms with Crippen LogP contribution in [0.4, 0.5) is 27.7 Å². The van der Waals surface area contributed by atoms with E-state index in [9.17, 15) is 9.59 Å². The van der Waals surface area contributed by atoms with E-state index in [1.54, 1.807) is 84.4 Å². The molecule has 1 aliphatic rings. The highest BCUT2D eigenvalue weighted by molar-refractivity contribution is 6.31. The van der Waals surface area contributed by atoms with Gasteiger partial charge in [0.1, 0.15) is 5.82 Å². The Morgan fingerprint density at radius 2 is 1.55 bits per heavy atom. The van der Waals surface area contributed by atoms with Crippen molar-refractivity contribution < 1.29 is 9.59 Å². The molecular formula is C23H22Cl3N5O2. The van der Waals surface area contributed by atoms with Crippen molar-refractivity contribution in [3.8, 4) is 0 Å². The van der Waals surface area contributed by atoms with Crippen molar-refractivity contribution in [1.82, 2.24) is 10.3 Å². The van der Waals surface area contributed by atoms with Gasteiger partial charge >= 0.3 is 6.03 Å². The SMILES string of the molecule is CNC(C)C(=O)Nc1ccc2c(n1)CN(c1ccc(Cl)cc1)C(=O)N2c1ccc(Cl)cc1.Cl. The van der Waals surface area contributed by atoms with E-state index in [0.717, 1.165) is 0 Å². The molecule has 3 amide bonds. The van der Waals surface area contributed by atoms with Gasteiger partial charge in [-0.05, 0) is 74.6 Å². The standard InChI is InChI=1S/C23H21Cl2N5O2.ClH/c1-14(26-2)22(31)28-21-12-11-20-19(27-21)13-29(17-7-3-15(24)4-8-17)23(32)30(20)18-9-5-16(25)6-10-18;/h3-12,14,26H,13H2,1-2H3,(H,27,28,31);1H. The zero-order valence-corrected chi connectivity index (χ0v) is 20.2. The monoisotopic (exact) mass is 505 g/mol. The molecule has 4 rings (SSSR count). The topological polar surface area (TPSA) is 77.6 Å². The molecule has 1 unspecified atom stereocenters. The number of halogens is 3. The highest BCUT2D eigenvalue weighted by Gasteiger charge is 2.33. The zero-order valence-electron chi connectivity index (χ0n) is 17.9. The zero-order chi connectivity index (χ0) is 22.8. The van der Waals surface area contributed by atoms with E-state index in [-0.39, 0.29) is 36.9 Å². The number of aromatic nitrogens is 1. The molecule has 0 aliphatic carbocycles. The van der Waals surface area contributed by atoms with Crippen LogP contribution in [0.1, 0.15) is 12.6 Å². The quantitative estimate of drug-likeness (QED) is 0.470. The van der Waals surface area contributed by atoms with E-state index in [1.807, 2.05) is 0 Å². The van der Waals surface area contributed by atoms with Crippen LogP contribution in [0.2, 0.25) is 10.0 Å². The molecule has 2 aromatic carbocycles. The molecular weight excluding hydrogens is 485 g/mol. The van der Waals surface area contributed by atoms with Crippen molar-refractivity contribution in [2.45, 2.75) is 19.5 Å². The number of amides is 3. The number of anilines is 4. The predicted molar refractivity (Wildman–Crippen MR) is 135 cm³/mol. The van der Waals surface area contributed by atoms with Gasteiger partial charge in [0.15, 0.2) is 0 Å². The molecule has 0 fully saturated rings. The number of hydrogen-bond donors (Lipinski definition) is 2. The predicted octanol–water partition coefficient (Wildman–Crippen LogP) is 5.63. The number of likely N-dealkylation sites (N-methyl/N-ethyl adjacent to an activating group) is 1. The molecule has 2 heterocycles. The van der Waals surface area contributed by atoms with Crippen LogP contribution in [-0.4, -0.2) is 30.0 Å². The second-order valence-electron chi connectivity index (χ2n) is 7.32. The lowest BCUT2D eigenvalue weighted by molar-refractivity contribution is -0.117. The third-order valence-corrected chi connectivity index (χ3v) is 5.73. The van der Waals surface area contributed by atoms with E-state index in [4.69, 9.17) is 23.2 Å². The molecule has 0 bridgehead atoms. The van der Waals surface area contributed by atoms with E-state index < -0.39 is 0 Å². The molecule has 1 atom stereocenters. The molecule has 1 aromatic heterocycles. The highest BCUT2D eigenvalue weighted by Crippen LogP contribution is 2.37. The Balaban J connectivity index is 0.00000306. The van der Waals surface area contributed by atoms with Crippen LogP contribution in [0.25, 0.3) is 0 Å². The number of pyridine rings is 1. The fraction of sp³-hybridized carbons (Fsp3) is 0.174. The van der Waals surface area contributed by atoms with Gasteiger partial charge in [-0.2, -0.15) is 0 Å². The third-order valence-electron chi connectivity index (χ3n) is 5.22. The van der Waals surface area contributed by atoms with Gasteiger partial charge in [0, 0.05) is 15.7 Å². The molecule has 33 heavy (non-hydrogen) atoms. The average molecular weight is 507 g/mol. The summed E-state index contributed by atoms with van der Waals surface area (Å²) in [6, 6.07) is 16.9. The number of hydrogen-bond acceptors (Lipinski definition) is 4. The second kappa shape index (κ2) is 10.4. The Morgan fingerprint density at radius 3 is 2.12 bits per heavy atom. The fourth-order valence-electron chi connectivity index (χ4n) is 3.35. The van der Waals surface area contributed by atoms with E-state index >= 15 is 0 Å². The van der Waals surface area contributed by atoms with Gasteiger partial charge in [0.2, 0.25) is 5.91 Å². The fourth-order valence-corrected chi connectivity index (χ4v) is 3.60. The van der Waals surface area contributed by atoms with Gasteiger partial charge in [-0.1, -0.05) is 23.2 Å². The molecule has 7 nitrogen and oxygen atoms in total. The van der Waals surface area contributed by atoms with E-state index in [1.165, 1.54) is 0 Å². The number of benzene rings is 2. The van der Waals surface area contributed by atoms with Crippen LogP contribution in [0.3, 0.4) is 0 Å². The lowest BCUT2D eigenvalue weighted by Gasteiger charge is -2.36. The average Bonchev–Trinajstić information content (AvgIpc) is 2.79. The normalized spacial score (nSPS) is 13.8. The van der Waals surface area contributed by atoms with Crippen LogP contribution < -0.4 is 20.4 Å². The van der Waals surface area contributed by atoms with Crippen molar-refractivity contribution in [2.24, 2.45) is 0 Å². The number of carbonyl (C=O) groups is 2. The number of nitrogens with one attached hydrogen (secondary N) is 2. The van der Waals surface area contributed by atoms with Gasteiger partial charge in [-0.3, -0.25) is 14.6 Å². The summed E-state index contributed by atoms with van der Waals surface area (Å²) in [6.45, 7) is 2.00. The summed E-state index contributed by atoms with van der Waals surface area (Å²) in [5.41, 5.74) is 2.62. The van der Waals surface area contributed by atoms with Gasteiger partial charge in [-0.15, -0.1) is 12.4 Å². The van der Waals surface area contributed by atoms with Crippen molar-refractivity contribution in [3.05, 3.63) is 76.4 Å². The van der Waals surface area contributed by atoms with Crippen LogP contribution in [0, 0.1) is 0 Å². The summed E-state index contributed by atoms with van der Waals surface area (Å²) < 4.78 is 0. The van der Waals surface area contributed by atoms with Crippen molar-refractivity contribution in [3.63, 3.8) is 0 Å². The van der Waals surface area contributed by atoms with Gasteiger partial charge in [0.05, 0.1) is 29.7 Å². The Bertz CT molecular complexity index is 1160. The number of fused-ring (bicyclic) bond motifs is 1. The molecule has 172 valence electrons. The molecule has 0 saturated heterocycles. The summed E-state index contributed by atoms with van der Waals surface area (Å²) in [5.74, 6) is 0.216. The summed E-state index contributed by atoms with van der Waals surface area (Å²) in [4.78, 5) is 33.7. The number of nitrogens with zero attached hydrogens (tertiary/aromatic N) is 3. The van der Waals surface area contributed by atoms with Crippen molar-refractivity contribution >= 4 is 70.4 Å². The van der Waals surface area contributed by atoms with Gasteiger partial charge in [-0.25, -0.2) is 9.78 Å². The van der Waals surface area contributed by atoms with Crippen molar-refractivity contribution in [2.75, 3.05) is 22.2 Å². The first-order valence-corrected chi connectivity index (χ1v) is 10.7. The maximum absolute atomic E-state index is 13.5. The number of urea groups is 1. The van der Waals surface area contributed by atoms with Crippen LogP contribution in [0.5, 0.6) is 0 Å². The highest BCUT2D eigenvalue weighted by atomic mass is 35.5. The molecule has 3 aromatic rings. The van der Waals surface area contributed by atoms with E-state index in [0.29, 0.717) is 38.6 Å². The van der Waals surface area contributed by atoms with E-state index in [2.05, 4.69) is 15.6 Å². The van der Waals surface area contributed by atoms with Crippen LogP contribution >= 0.6 is 35.6 Å². The summed E-state index contributed by atoms with van der Waals surface area (Å²) in [7, 11) is 1.71. The van der Waals surface area contributed by atoms with Crippen LogP contribution in [0.15, 0.2) is 60.7 Å². The smallest absolute Gasteiger partial charge is 0.309 e. The Morgan fingerprint density at radius 1 is 0.970 bits per heavy atom. The molecule has 0 saturated carbocycles. The Kier molecular flexibility index (Phi) is 7.81. The Hall–Kier alpha value is -2.84.